The first-order chi connectivity index (χ1) is 17.2. The normalized spacial score (nSPS) is 14.9. The van der Waals surface area contributed by atoms with Gasteiger partial charge in [-0.1, -0.05) is 83.3 Å². The summed E-state index contributed by atoms with van der Waals surface area (Å²) < 4.78 is 33.5. The van der Waals surface area contributed by atoms with Crippen molar-refractivity contribution in [2.24, 2.45) is 0 Å². The average molecular weight is 536 g/mol. The van der Waals surface area contributed by atoms with E-state index < -0.39 is 13.9 Å². The van der Waals surface area contributed by atoms with E-state index in [4.69, 9.17) is 18.5 Å². The van der Waals surface area contributed by atoms with Crippen LogP contribution in [0.15, 0.2) is 12.2 Å². The van der Waals surface area contributed by atoms with Crippen LogP contribution >= 0.6 is 7.82 Å². The number of nitrogens with zero attached hydrogens (tertiary/aromatic N) is 1. The Kier molecular flexibility index (Phi) is 23.6. The topological polar surface area (TPSA) is 77.1 Å². The highest BCUT2D eigenvalue weighted by Gasteiger charge is 2.20. The lowest BCUT2D eigenvalue weighted by atomic mass is 10.1. The van der Waals surface area contributed by atoms with Crippen molar-refractivity contribution < 1.29 is 32.5 Å². The molecule has 0 radical (unpaired) electrons. The lowest BCUT2D eigenvalue weighted by Crippen LogP contribution is -2.38. The van der Waals surface area contributed by atoms with Gasteiger partial charge < -0.3 is 27.9 Å². The summed E-state index contributed by atoms with van der Waals surface area (Å²) in [5.41, 5.74) is 0. The number of hydrogen-bond acceptors (Lipinski definition) is 6. The number of likely N-dealkylation sites (N-methyl/N-ethyl adjacent to an activating group) is 1. The lowest BCUT2D eigenvalue weighted by Gasteiger charge is -2.29. The van der Waals surface area contributed by atoms with Crippen molar-refractivity contribution >= 4 is 7.82 Å². The molecule has 2 atom stereocenters. The van der Waals surface area contributed by atoms with Gasteiger partial charge in [0.15, 0.2) is 0 Å². The van der Waals surface area contributed by atoms with Crippen LogP contribution in [0.1, 0.15) is 103 Å². The second-order valence-electron chi connectivity index (χ2n) is 10.8. The van der Waals surface area contributed by atoms with Crippen molar-refractivity contribution in [1.82, 2.24) is 0 Å². The van der Waals surface area contributed by atoms with E-state index in [1.165, 1.54) is 77.7 Å². The molecule has 0 fully saturated rings. The van der Waals surface area contributed by atoms with Gasteiger partial charge in [0.1, 0.15) is 19.3 Å². The molecule has 0 spiro atoms. The van der Waals surface area contributed by atoms with E-state index in [0.29, 0.717) is 17.6 Å². The van der Waals surface area contributed by atoms with Crippen LogP contribution in [0.25, 0.3) is 0 Å². The van der Waals surface area contributed by atoms with Gasteiger partial charge in [-0.25, -0.2) is 0 Å². The fourth-order valence-electron chi connectivity index (χ4n) is 3.78. The first-order valence-electron chi connectivity index (χ1n) is 14.4. The molecule has 0 aromatic carbocycles. The number of phosphoric ester groups is 1. The van der Waals surface area contributed by atoms with Crippen molar-refractivity contribution in [2.45, 2.75) is 109 Å². The number of phosphoric acid groups is 1. The number of ether oxygens (including phenoxy) is 2. The molecule has 0 bridgehead atoms. The molecule has 0 aliphatic heterocycles. The van der Waals surface area contributed by atoms with Crippen molar-refractivity contribution in [2.75, 3.05) is 61.2 Å². The number of allylic oxidation sites excluding steroid dienone is 2. The van der Waals surface area contributed by atoms with Crippen molar-refractivity contribution in [3.63, 3.8) is 0 Å². The molecule has 0 aliphatic rings. The summed E-state index contributed by atoms with van der Waals surface area (Å²) in [4.78, 5) is 12.1. The Balaban J connectivity index is 3.66. The molecular weight excluding hydrogens is 477 g/mol. The van der Waals surface area contributed by atoms with Crippen LogP contribution < -0.4 is 4.89 Å². The molecule has 0 N–H and O–H groups in total. The predicted molar refractivity (Wildman–Crippen MR) is 148 cm³/mol. The van der Waals surface area contributed by atoms with E-state index in [-0.39, 0.29) is 19.8 Å². The van der Waals surface area contributed by atoms with Crippen molar-refractivity contribution in [3.05, 3.63) is 12.2 Å². The molecule has 0 aromatic rings. The van der Waals surface area contributed by atoms with Gasteiger partial charge in [0.2, 0.25) is 0 Å². The maximum Gasteiger partial charge on any atom is 0.268 e. The number of rotatable bonds is 27. The average Bonchev–Trinajstić information content (AvgIpc) is 2.79. The van der Waals surface area contributed by atoms with E-state index in [1.807, 2.05) is 21.1 Å². The summed E-state index contributed by atoms with van der Waals surface area (Å²) in [6.45, 7) is 3.80. The van der Waals surface area contributed by atoms with E-state index in [0.717, 1.165) is 25.7 Å². The fraction of sp³-hybridized carbons (Fsp3) is 0.929. The number of hydrogen-bond donors (Lipinski definition) is 0. The maximum absolute atomic E-state index is 12.1. The van der Waals surface area contributed by atoms with E-state index >= 15 is 0 Å². The number of methoxy groups -OCH3 is 1. The minimum Gasteiger partial charge on any atom is -0.756 e. The Morgan fingerprint density at radius 3 is 1.83 bits per heavy atom. The van der Waals surface area contributed by atoms with Crippen LogP contribution in [0.5, 0.6) is 0 Å². The highest BCUT2D eigenvalue weighted by atomic mass is 31.2. The second kappa shape index (κ2) is 23.8. The van der Waals surface area contributed by atoms with Crippen molar-refractivity contribution in [3.8, 4) is 0 Å². The Morgan fingerprint density at radius 2 is 1.31 bits per heavy atom. The quantitative estimate of drug-likeness (QED) is 0.0507. The van der Waals surface area contributed by atoms with E-state index in [1.54, 1.807) is 0 Å². The molecule has 1 unspecified atom stereocenters. The van der Waals surface area contributed by atoms with E-state index in [9.17, 15) is 9.46 Å². The molecule has 8 heteroatoms. The predicted octanol–water partition coefficient (Wildman–Crippen LogP) is 6.65. The van der Waals surface area contributed by atoms with Gasteiger partial charge in [0, 0.05) is 13.7 Å². The summed E-state index contributed by atoms with van der Waals surface area (Å²) in [6.07, 6.45) is 23.3. The van der Waals surface area contributed by atoms with Gasteiger partial charge >= 0.3 is 0 Å². The summed E-state index contributed by atoms with van der Waals surface area (Å²) in [5.74, 6) is 0. The third-order valence-corrected chi connectivity index (χ3v) is 7.05. The highest BCUT2D eigenvalue weighted by Crippen LogP contribution is 2.39. The Morgan fingerprint density at radius 1 is 0.778 bits per heavy atom. The SMILES string of the molecule is CCCCCCCCCCCC/C=C\CCCCCOC[C@H](COC)OP(=O)([O-])OCC[N+](C)(C)C. The molecule has 0 amide bonds. The van der Waals surface area contributed by atoms with Gasteiger partial charge in [-0.3, -0.25) is 4.57 Å². The van der Waals surface area contributed by atoms with Crippen LogP contribution in [0, 0.1) is 0 Å². The third-order valence-electron chi connectivity index (χ3n) is 6.00. The molecule has 7 nitrogen and oxygen atoms in total. The van der Waals surface area contributed by atoms with Gasteiger partial charge in [0.05, 0.1) is 34.4 Å². The lowest BCUT2D eigenvalue weighted by molar-refractivity contribution is -0.870. The Labute approximate surface area is 223 Å². The van der Waals surface area contributed by atoms with Crippen LogP contribution in [0.2, 0.25) is 0 Å². The summed E-state index contributed by atoms with van der Waals surface area (Å²) in [6, 6.07) is 0. The smallest absolute Gasteiger partial charge is 0.268 e. The summed E-state index contributed by atoms with van der Waals surface area (Å²) in [7, 11) is 3.03. The van der Waals surface area contributed by atoms with Gasteiger partial charge in [0.25, 0.3) is 7.82 Å². The van der Waals surface area contributed by atoms with Gasteiger partial charge in [-0.15, -0.1) is 0 Å². The zero-order valence-corrected chi connectivity index (χ0v) is 25.1. The Hall–Kier alpha value is -0.270. The fourth-order valence-corrected chi connectivity index (χ4v) is 4.63. The largest absolute Gasteiger partial charge is 0.756 e. The minimum atomic E-state index is -4.39. The molecule has 0 aromatic heterocycles. The van der Waals surface area contributed by atoms with Crippen LogP contribution in [0.4, 0.5) is 0 Å². The molecule has 0 heterocycles. The maximum atomic E-state index is 12.1. The Bertz CT molecular complexity index is 553. The molecular formula is C28H58NO6P. The van der Waals surface area contributed by atoms with Crippen LogP contribution in [0.3, 0.4) is 0 Å². The molecule has 0 saturated heterocycles. The summed E-state index contributed by atoms with van der Waals surface area (Å²) >= 11 is 0. The number of quaternary nitrogens is 1. The van der Waals surface area contributed by atoms with Crippen molar-refractivity contribution in [1.29, 1.82) is 0 Å². The van der Waals surface area contributed by atoms with Crippen LogP contribution in [-0.2, 0) is 23.1 Å². The zero-order chi connectivity index (χ0) is 27.0. The first-order valence-corrected chi connectivity index (χ1v) is 15.8. The molecule has 216 valence electrons. The first kappa shape index (κ1) is 35.7. The molecule has 36 heavy (non-hydrogen) atoms. The van der Waals surface area contributed by atoms with Gasteiger partial charge in [-0.2, -0.15) is 0 Å². The third kappa shape index (κ3) is 26.8. The van der Waals surface area contributed by atoms with E-state index in [2.05, 4.69) is 19.1 Å². The highest BCUT2D eigenvalue weighted by molar-refractivity contribution is 7.45. The monoisotopic (exact) mass is 535 g/mol. The van der Waals surface area contributed by atoms with Crippen LogP contribution in [-0.4, -0.2) is 71.8 Å². The molecule has 0 aliphatic carbocycles. The molecule has 0 rings (SSSR count). The zero-order valence-electron chi connectivity index (χ0n) is 24.2. The van der Waals surface area contributed by atoms with Gasteiger partial charge in [-0.05, 0) is 32.1 Å². The molecule has 0 saturated carbocycles. The minimum absolute atomic E-state index is 0.0819. The standard InChI is InChI=1S/C28H58NO6P/c1-6-7-8-9-10-11-12-13-14-15-16-17-18-19-20-21-22-24-33-27-28(26-32-5)35-36(30,31)34-25-23-29(2,3)4/h17-18,28H,6-16,19-27H2,1-5H3/b18-17-/t28-/m0/s1. The second-order valence-corrected chi connectivity index (χ2v) is 12.2. The summed E-state index contributed by atoms with van der Waals surface area (Å²) in [5, 5.41) is 0. The number of unbranched alkanes of at least 4 members (excludes halogenated alkanes) is 13.